The summed E-state index contributed by atoms with van der Waals surface area (Å²) in [5.41, 5.74) is 3.30. The molecule has 0 unspecified atom stereocenters. The van der Waals surface area contributed by atoms with Crippen LogP contribution < -0.4 is 10.2 Å². The van der Waals surface area contributed by atoms with Crippen LogP contribution >= 0.6 is 0 Å². The molecular weight excluding hydrogens is 292 g/mol. The standard InChI is InChI=1S/C18H18N2O3/c1-12(21)23-17-11-13-7-3-5-9-15(13)20(18(22)19-2)16-10-6-4-8-14(16)17/h3-10,17H,11H2,1-2H3,(H,19,22)/t17-/m0/s1. The summed E-state index contributed by atoms with van der Waals surface area (Å²) in [7, 11) is 1.60. The Bertz CT molecular complexity index is 757. The average molecular weight is 310 g/mol. The number of esters is 1. The molecule has 1 atom stereocenters. The topological polar surface area (TPSA) is 58.6 Å². The van der Waals surface area contributed by atoms with Gasteiger partial charge in [-0.25, -0.2) is 4.79 Å². The summed E-state index contributed by atoms with van der Waals surface area (Å²) in [4.78, 5) is 25.6. The first kappa shape index (κ1) is 15.1. The summed E-state index contributed by atoms with van der Waals surface area (Å²) < 4.78 is 5.52. The van der Waals surface area contributed by atoms with Crippen molar-refractivity contribution in [3.8, 4) is 0 Å². The number of amides is 2. The van der Waals surface area contributed by atoms with E-state index in [1.165, 1.54) is 6.92 Å². The lowest BCUT2D eigenvalue weighted by Gasteiger charge is -2.24. The van der Waals surface area contributed by atoms with Crippen molar-refractivity contribution in [1.29, 1.82) is 0 Å². The Morgan fingerprint density at radius 2 is 1.74 bits per heavy atom. The van der Waals surface area contributed by atoms with Gasteiger partial charge in [0.2, 0.25) is 0 Å². The SMILES string of the molecule is CNC(=O)N1c2ccccc2C[C@H](OC(C)=O)c2ccccc21. The van der Waals surface area contributed by atoms with Gasteiger partial charge in [-0.05, 0) is 17.7 Å². The predicted octanol–water partition coefficient (Wildman–Crippen LogP) is 3.32. The van der Waals surface area contributed by atoms with E-state index < -0.39 is 6.10 Å². The van der Waals surface area contributed by atoms with Crippen LogP contribution in [-0.4, -0.2) is 19.0 Å². The van der Waals surface area contributed by atoms with E-state index in [0.717, 1.165) is 22.5 Å². The minimum absolute atomic E-state index is 0.228. The van der Waals surface area contributed by atoms with E-state index >= 15 is 0 Å². The number of carbonyl (C=O) groups excluding carboxylic acids is 2. The summed E-state index contributed by atoms with van der Waals surface area (Å²) in [6.07, 6.45) is 0.111. The number of carbonyl (C=O) groups is 2. The Hall–Kier alpha value is -2.82. The Kier molecular flexibility index (Phi) is 4.02. The molecule has 0 saturated carbocycles. The zero-order valence-corrected chi connectivity index (χ0v) is 13.1. The first-order valence-corrected chi connectivity index (χ1v) is 7.47. The predicted molar refractivity (Wildman–Crippen MR) is 87.7 cm³/mol. The van der Waals surface area contributed by atoms with E-state index in [-0.39, 0.29) is 12.0 Å². The van der Waals surface area contributed by atoms with Crippen LogP contribution in [0.15, 0.2) is 48.5 Å². The van der Waals surface area contributed by atoms with Crippen molar-refractivity contribution >= 4 is 23.4 Å². The zero-order chi connectivity index (χ0) is 16.4. The van der Waals surface area contributed by atoms with Crippen molar-refractivity contribution in [3.05, 3.63) is 59.7 Å². The number of urea groups is 1. The van der Waals surface area contributed by atoms with Gasteiger partial charge in [-0.2, -0.15) is 0 Å². The number of benzene rings is 2. The van der Waals surface area contributed by atoms with Crippen LogP contribution in [0.1, 0.15) is 24.2 Å². The molecule has 2 aromatic carbocycles. The quantitative estimate of drug-likeness (QED) is 0.822. The largest absolute Gasteiger partial charge is 0.457 e. The minimum Gasteiger partial charge on any atom is -0.457 e. The van der Waals surface area contributed by atoms with Crippen molar-refractivity contribution in [2.45, 2.75) is 19.4 Å². The van der Waals surface area contributed by atoms with Crippen LogP contribution in [0.25, 0.3) is 0 Å². The Morgan fingerprint density at radius 1 is 1.09 bits per heavy atom. The van der Waals surface area contributed by atoms with Crippen LogP contribution in [0, 0.1) is 0 Å². The van der Waals surface area contributed by atoms with E-state index in [9.17, 15) is 9.59 Å². The molecular formula is C18H18N2O3. The van der Waals surface area contributed by atoms with E-state index in [1.807, 2.05) is 48.5 Å². The Balaban J connectivity index is 2.22. The molecule has 0 aromatic heterocycles. The molecule has 1 aliphatic heterocycles. The Morgan fingerprint density at radius 3 is 2.43 bits per heavy atom. The second-order valence-electron chi connectivity index (χ2n) is 5.38. The normalized spacial score (nSPS) is 15.9. The molecule has 0 radical (unpaired) electrons. The second kappa shape index (κ2) is 6.12. The van der Waals surface area contributed by atoms with Crippen LogP contribution in [0.2, 0.25) is 0 Å². The van der Waals surface area contributed by atoms with Crippen LogP contribution in [-0.2, 0) is 16.0 Å². The average Bonchev–Trinajstić information content (AvgIpc) is 2.68. The van der Waals surface area contributed by atoms with Crippen molar-refractivity contribution in [2.24, 2.45) is 0 Å². The molecule has 0 fully saturated rings. The fourth-order valence-electron chi connectivity index (χ4n) is 2.94. The summed E-state index contributed by atoms with van der Waals surface area (Å²) in [6.45, 7) is 1.40. The lowest BCUT2D eigenvalue weighted by Crippen LogP contribution is -2.35. The number of hydrogen-bond donors (Lipinski definition) is 1. The van der Waals surface area contributed by atoms with Gasteiger partial charge in [0.15, 0.2) is 0 Å². The van der Waals surface area contributed by atoms with E-state index in [2.05, 4.69) is 5.32 Å². The number of anilines is 2. The van der Waals surface area contributed by atoms with Crippen molar-refractivity contribution in [2.75, 3.05) is 11.9 Å². The summed E-state index contributed by atoms with van der Waals surface area (Å²) >= 11 is 0. The van der Waals surface area contributed by atoms with Gasteiger partial charge in [-0.3, -0.25) is 9.69 Å². The lowest BCUT2D eigenvalue weighted by atomic mass is 10.0. The molecule has 2 amide bonds. The minimum atomic E-state index is -0.417. The van der Waals surface area contributed by atoms with Crippen molar-refractivity contribution in [1.82, 2.24) is 5.32 Å². The van der Waals surface area contributed by atoms with Gasteiger partial charge >= 0.3 is 12.0 Å². The third-order valence-electron chi connectivity index (χ3n) is 3.89. The molecule has 23 heavy (non-hydrogen) atoms. The van der Waals surface area contributed by atoms with Gasteiger partial charge in [0, 0.05) is 26.0 Å². The lowest BCUT2D eigenvalue weighted by molar-refractivity contribution is -0.146. The summed E-state index contributed by atoms with van der Waals surface area (Å²) in [5.74, 6) is -0.337. The number of nitrogens with zero attached hydrogens (tertiary/aromatic N) is 1. The first-order valence-electron chi connectivity index (χ1n) is 7.47. The maximum Gasteiger partial charge on any atom is 0.326 e. The smallest absolute Gasteiger partial charge is 0.326 e. The molecule has 0 aliphatic carbocycles. The fourth-order valence-corrected chi connectivity index (χ4v) is 2.94. The zero-order valence-electron chi connectivity index (χ0n) is 13.1. The van der Waals surface area contributed by atoms with Crippen LogP contribution in [0.4, 0.5) is 16.2 Å². The molecule has 5 heteroatoms. The first-order chi connectivity index (χ1) is 11.1. The van der Waals surface area contributed by atoms with E-state index in [0.29, 0.717) is 6.42 Å². The highest BCUT2D eigenvalue weighted by atomic mass is 16.5. The van der Waals surface area contributed by atoms with E-state index in [1.54, 1.807) is 11.9 Å². The number of nitrogens with one attached hydrogen (secondary N) is 1. The van der Waals surface area contributed by atoms with Gasteiger partial charge in [0.05, 0.1) is 11.4 Å². The highest BCUT2D eigenvalue weighted by molar-refractivity contribution is 6.01. The fraction of sp³-hybridized carbons (Fsp3) is 0.222. The van der Waals surface area contributed by atoms with E-state index in [4.69, 9.17) is 4.74 Å². The molecule has 0 spiro atoms. The maximum absolute atomic E-state index is 12.5. The number of para-hydroxylation sites is 2. The van der Waals surface area contributed by atoms with Gasteiger partial charge < -0.3 is 10.1 Å². The highest BCUT2D eigenvalue weighted by Gasteiger charge is 2.31. The van der Waals surface area contributed by atoms with Gasteiger partial charge in [-0.15, -0.1) is 0 Å². The molecule has 5 nitrogen and oxygen atoms in total. The molecule has 2 aromatic rings. The third kappa shape index (κ3) is 2.77. The van der Waals surface area contributed by atoms with Crippen molar-refractivity contribution in [3.63, 3.8) is 0 Å². The van der Waals surface area contributed by atoms with Gasteiger partial charge in [0.1, 0.15) is 6.10 Å². The van der Waals surface area contributed by atoms with Crippen LogP contribution in [0.3, 0.4) is 0 Å². The summed E-state index contributed by atoms with van der Waals surface area (Å²) in [5, 5.41) is 2.68. The van der Waals surface area contributed by atoms with Crippen molar-refractivity contribution < 1.29 is 14.3 Å². The third-order valence-corrected chi connectivity index (χ3v) is 3.89. The summed E-state index contributed by atoms with van der Waals surface area (Å²) in [6, 6.07) is 14.9. The van der Waals surface area contributed by atoms with Gasteiger partial charge in [0.25, 0.3) is 0 Å². The Labute approximate surface area is 134 Å². The number of ether oxygens (including phenoxy) is 1. The molecule has 3 rings (SSSR count). The molecule has 1 aliphatic rings. The molecule has 1 heterocycles. The number of rotatable bonds is 1. The second-order valence-corrected chi connectivity index (χ2v) is 5.38. The van der Waals surface area contributed by atoms with Gasteiger partial charge in [-0.1, -0.05) is 36.4 Å². The molecule has 118 valence electrons. The van der Waals surface area contributed by atoms with Crippen LogP contribution in [0.5, 0.6) is 0 Å². The number of hydrogen-bond acceptors (Lipinski definition) is 3. The monoisotopic (exact) mass is 310 g/mol. The maximum atomic E-state index is 12.5. The highest BCUT2D eigenvalue weighted by Crippen LogP contribution is 2.41. The molecule has 0 saturated heterocycles. The number of fused-ring (bicyclic) bond motifs is 2. The molecule has 1 N–H and O–H groups in total. The molecule has 0 bridgehead atoms.